The molecular formula is C14H15F2N7O2. The quantitative estimate of drug-likeness (QED) is 0.739. The predicted octanol–water partition coefficient (Wildman–Crippen LogP) is 0.630. The van der Waals surface area contributed by atoms with Crippen molar-refractivity contribution in [2.75, 3.05) is 29.0 Å². The van der Waals surface area contributed by atoms with Crippen molar-refractivity contribution >= 4 is 23.2 Å². The second-order valence-corrected chi connectivity index (χ2v) is 5.54. The van der Waals surface area contributed by atoms with Crippen molar-refractivity contribution in [1.29, 1.82) is 0 Å². The van der Waals surface area contributed by atoms with E-state index in [4.69, 9.17) is 5.73 Å². The molecule has 0 unspecified atom stereocenters. The maximum Gasteiger partial charge on any atom is 0.346 e. The summed E-state index contributed by atoms with van der Waals surface area (Å²) in [7, 11) is 0. The zero-order valence-electron chi connectivity index (χ0n) is 13.0. The largest absolute Gasteiger partial charge is 0.382 e. The number of rotatable bonds is 3. The Balaban J connectivity index is 1.86. The van der Waals surface area contributed by atoms with Gasteiger partial charge in [0, 0.05) is 38.3 Å². The average molecular weight is 351 g/mol. The van der Waals surface area contributed by atoms with E-state index in [9.17, 15) is 18.4 Å². The van der Waals surface area contributed by atoms with Crippen LogP contribution in [-0.4, -0.2) is 44.9 Å². The lowest BCUT2D eigenvalue weighted by Gasteiger charge is -2.33. The summed E-state index contributed by atoms with van der Waals surface area (Å²) in [5, 5.41) is 2.48. The molecule has 25 heavy (non-hydrogen) atoms. The first kappa shape index (κ1) is 16.7. The van der Waals surface area contributed by atoms with Crippen molar-refractivity contribution in [3.8, 4) is 0 Å². The van der Waals surface area contributed by atoms with Crippen LogP contribution in [0.1, 0.15) is 23.3 Å². The number of carbonyl (C=O) groups excluding carboxylic acids is 1. The minimum absolute atomic E-state index is 0.0419. The van der Waals surface area contributed by atoms with Crippen molar-refractivity contribution in [2.45, 2.75) is 18.8 Å². The van der Waals surface area contributed by atoms with Gasteiger partial charge in [0.25, 0.3) is 11.8 Å². The van der Waals surface area contributed by atoms with Gasteiger partial charge in [0.05, 0.1) is 11.9 Å². The molecule has 0 aliphatic carbocycles. The Morgan fingerprint density at radius 2 is 1.92 bits per heavy atom. The highest BCUT2D eigenvalue weighted by atomic mass is 19.3. The summed E-state index contributed by atoms with van der Waals surface area (Å²) in [6.45, 7) is 0.133. The second-order valence-electron chi connectivity index (χ2n) is 5.54. The minimum atomic E-state index is -2.72. The highest BCUT2D eigenvalue weighted by Gasteiger charge is 2.35. The summed E-state index contributed by atoms with van der Waals surface area (Å²) in [4.78, 5) is 39.0. The molecule has 0 spiro atoms. The number of nitrogens with one attached hydrogen (secondary N) is 2. The van der Waals surface area contributed by atoms with Gasteiger partial charge in [0.2, 0.25) is 0 Å². The molecule has 9 nitrogen and oxygen atoms in total. The highest BCUT2D eigenvalue weighted by Crippen LogP contribution is 2.32. The van der Waals surface area contributed by atoms with Crippen LogP contribution in [0.4, 0.5) is 26.1 Å². The zero-order valence-corrected chi connectivity index (χ0v) is 13.0. The van der Waals surface area contributed by atoms with Gasteiger partial charge in [-0.25, -0.2) is 23.5 Å². The van der Waals surface area contributed by atoms with Gasteiger partial charge in [-0.15, -0.1) is 0 Å². The molecule has 0 radical (unpaired) electrons. The molecule has 3 rings (SSSR count). The van der Waals surface area contributed by atoms with Crippen LogP contribution >= 0.6 is 0 Å². The number of aromatic nitrogens is 4. The fraction of sp³-hybridized carbons (Fsp3) is 0.357. The van der Waals surface area contributed by atoms with Crippen LogP contribution in [0, 0.1) is 0 Å². The lowest BCUT2D eigenvalue weighted by atomic mass is 10.1. The first-order chi connectivity index (χ1) is 11.9. The number of halogens is 2. The number of piperidine rings is 1. The van der Waals surface area contributed by atoms with Gasteiger partial charge in [-0.2, -0.15) is 4.98 Å². The van der Waals surface area contributed by atoms with Crippen molar-refractivity contribution < 1.29 is 13.6 Å². The third-order valence-corrected chi connectivity index (χ3v) is 3.81. The minimum Gasteiger partial charge on any atom is -0.382 e. The fourth-order valence-electron chi connectivity index (χ4n) is 2.49. The summed E-state index contributed by atoms with van der Waals surface area (Å²) >= 11 is 0. The molecule has 1 amide bonds. The van der Waals surface area contributed by atoms with E-state index in [-0.39, 0.29) is 43.3 Å². The number of hydrogen-bond acceptors (Lipinski definition) is 7. The summed E-state index contributed by atoms with van der Waals surface area (Å²) in [5.74, 6) is -3.43. The number of nitrogens with two attached hydrogens (primary N) is 1. The average Bonchev–Trinajstić information content (AvgIpc) is 2.56. The molecule has 1 saturated heterocycles. The fourth-order valence-corrected chi connectivity index (χ4v) is 2.49. The number of nitrogen functional groups attached to an aromatic ring is 1. The van der Waals surface area contributed by atoms with Crippen molar-refractivity contribution in [1.82, 2.24) is 19.9 Å². The number of H-pyrrole nitrogens is 1. The van der Waals surface area contributed by atoms with Gasteiger partial charge < -0.3 is 16.0 Å². The van der Waals surface area contributed by atoms with Gasteiger partial charge in [0.15, 0.2) is 11.5 Å². The smallest absolute Gasteiger partial charge is 0.346 e. The molecule has 0 atom stereocenters. The molecule has 1 fully saturated rings. The number of hydrogen-bond donors (Lipinski definition) is 3. The molecule has 1 aliphatic rings. The maximum absolute atomic E-state index is 13.3. The van der Waals surface area contributed by atoms with E-state index in [2.05, 4.69) is 25.3 Å². The Labute approximate surface area is 140 Å². The first-order valence-corrected chi connectivity index (χ1v) is 7.46. The first-order valence-electron chi connectivity index (χ1n) is 7.46. The number of aromatic amines is 1. The molecule has 11 heteroatoms. The Kier molecular flexibility index (Phi) is 4.30. The number of alkyl halides is 2. The van der Waals surface area contributed by atoms with Crippen LogP contribution in [-0.2, 0) is 0 Å². The number of anilines is 3. The molecular weight excluding hydrogens is 336 g/mol. The van der Waals surface area contributed by atoms with Crippen LogP contribution in [0.25, 0.3) is 0 Å². The Morgan fingerprint density at radius 3 is 2.60 bits per heavy atom. The molecule has 0 bridgehead atoms. The van der Waals surface area contributed by atoms with Crippen LogP contribution in [0.2, 0.25) is 0 Å². The molecule has 0 aromatic carbocycles. The van der Waals surface area contributed by atoms with Crippen LogP contribution in [0.3, 0.4) is 0 Å². The molecule has 4 N–H and O–H groups in total. The molecule has 2 aromatic rings. The topological polar surface area (TPSA) is 130 Å². The molecule has 132 valence electrons. The van der Waals surface area contributed by atoms with E-state index in [0.29, 0.717) is 5.69 Å². The van der Waals surface area contributed by atoms with Crippen molar-refractivity contribution in [3.63, 3.8) is 0 Å². The summed E-state index contributed by atoms with van der Waals surface area (Å²) in [6, 6.07) is 0. The van der Waals surface area contributed by atoms with Crippen LogP contribution in [0.15, 0.2) is 23.4 Å². The molecule has 3 heterocycles. The third-order valence-electron chi connectivity index (χ3n) is 3.81. The lowest BCUT2D eigenvalue weighted by molar-refractivity contribution is -0.0220. The predicted molar refractivity (Wildman–Crippen MR) is 85.6 cm³/mol. The maximum atomic E-state index is 13.3. The Bertz CT molecular complexity index is 845. The molecule has 1 aliphatic heterocycles. The van der Waals surface area contributed by atoms with E-state index in [0.717, 1.165) is 0 Å². The van der Waals surface area contributed by atoms with Gasteiger partial charge in [0.1, 0.15) is 5.82 Å². The summed E-state index contributed by atoms with van der Waals surface area (Å²) < 4.78 is 26.7. The van der Waals surface area contributed by atoms with Gasteiger partial charge >= 0.3 is 5.69 Å². The van der Waals surface area contributed by atoms with E-state index in [1.54, 1.807) is 4.90 Å². The van der Waals surface area contributed by atoms with E-state index >= 15 is 0 Å². The van der Waals surface area contributed by atoms with Gasteiger partial charge in [-0.1, -0.05) is 0 Å². The zero-order chi connectivity index (χ0) is 18.0. The number of nitrogens with zero attached hydrogens (tertiary/aromatic N) is 4. The van der Waals surface area contributed by atoms with E-state index < -0.39 is 17.5 Å². The van der Waals surface area contributed by atoms with Crippen LogP contribution < -0.4 is 21.6 Å². The molecule has 2 aromatic heterocycles. The summed E-state index contributed by atoms with van der Waals surface area (Å²) in [6.07, 6.45) is 3.22. The third kappa shape index (κ3) is 3.70. The second kappa shape index (κ2) is 6.42. The van der Waals surface area contributed by atoms with Crippen molar-refractivity contribution in [3.05, 3.63) is 34.8 Å². The SMILES string of the molecule is Nc1nccnc1C(=O)Nc1[nH]c(=O)ncc1N1CCC(F)(F)CC1. The van der Waals surface area contributed by atoms with Gasteiger partial charge in [-0.05, 0) is 0 Å². The van der Waals surface area contributed by atoms with Crippen molar-refractivity contribution in [2.24, 2.45) is 0 Å². The monoisotopic (exact) mass is 351 g/mol. The Hall–Kier alpha value is -3.11. The Morgan fingerprint density at radius 1 is 1.24 bits per heavy atom. The lowest BCUT2D eigenvalue weighted by Crippen LogP contribution is -2.40. The van der Waals surface area contributed by atoms with E-state index in [1.807, 2.05) is 0 Å². The number of carbonyl (C=O) groups is 1. The summed E-state index contributed by atoms with van der Waals surface area (Å²) in [5.41, 5.74) is 5.14. The van der Waals surface area contributed by atoms with Crippen LogP contribution in [0.5, 0.6) is 0 Å². The molecule has 0 saturated carbocycles. The highest BCUT2D eigenvalue weighted by molar-refractivity contribution is 6.06. The number of amides is 1. The standard InChI is InChI=1S/C14H15F2N7O2/c15-14(16)1-5-23(6-2-14)8-7-20-13(25)22-11(8)21-12(24)9-10(17)19-4-3-18-9/h3-4,7H,1-2,5-6H2,(H2,17,19)(H2,20,21,22,24,25). The normalized spacial score (nSPS) is 16.5. The van der Waals surface area contributed by atoms with E-state index in [1.165, 1.54) is 18.6 Å². The van der Waals surface area contributed by atoms with Gasteiger partial charge in [-0.3, -0.25) is 9.78 Å².